The molecule has 1 heterocycles. The Hall–Kier alpha value is -2.65. The zero-order valence-electron chi connectivity index (χ0n) is 13.3. The smallest absolute Gasteiger partial charge is 0.269 e. The molecule has 2 N–H and O–H groups in total. The minimum atomic E-state index is -3.54. The van der Waals surface area contributed by atoms with E-state index in [0.717, 1.165) is 12.8 Å². The Labute approximate surface area is 145 Å². The number of benzene rings is 2. The molecule has 0 aliphatic carbocycles. The van der Waals surface area contributed by atoms with Gasteiger partial charge in [-0.15, -0.1) is 0 Å². The van der Waals surface area contributed by atoms with Crippen LogP contribution in [0.3, 0.4) is 0 Å². The van der Waals surface area contributed by atoms with Crippen LogP contribution in [0.25, 0.3) is 0 Å². The lowest BCUT2D eigenvalue weighted by molar-refractivity contribution is -0.384. The fraction of sp³-hybridized carbons (Fsp3) is 0.250. The molecular weight excluding hydrogens is 346 g/mol. The Morgan fingerprint density at radius 3 is 2.28 bits per heavy atom. The van der Waals surface area contributed by atoms with Crippen LogP contribution >= 0.6 is 0 Å². The predicted molar refractivity (Wildman–Crippen MR) is 92.0 cm³/mol. The highest BCUT2D eigenvalue weighted by molar-refractivity contribution is 7.89. The van der Waals surface area contributed by atoms with Crippen molar-refractivity contribution in [2.75, 3.05) is 18.8 Å². The van der Waals surface area contributed by atoms with Crippen LogP contribution in [0.1, 0.15) is 12.8 Å². The number of hydrogen-bond donors (Lipinski definition) is 1. The van der Waals surface area contributed by atoms with E-state index in [1.165, 1.54) is 46.8 Å². The lowest BCUT2D eigenvalue weighted by Crippen LogP contribution is -2.27. The van der Waals surface area contributed by atoms with E-state index in [1.54, 1.807) is 0 Å². The molecule has 1 fully saturated rings. The Morgan fingerprint density at radius 2 is 1.72 bits per heavy atom. The van der Waals surface area contributed by atoms with E-state index in [1.807, 2.05) is 0 Å². The molecule has 0 atom stereocenters. The van der Waals surface area contributed by atoms with Crippen LogP contribution in [0.2, 0.25) is 0 Å². The summed E-state index contributed by atoms with van der Waals surface area (Å²) in [7, 11) is -3.54. The summed E-state index contributed by atoms with van der Waals surface area (Å²) in [5.74, 6) is 0.654. The number of nitro benzene ring substituents is 1. The van der Waals surface area contributed by atoms with E-state index in [-0.39, 0.29) is 22.0 Å². The first-order valence-electron chi connectivity index (χ1n) is 7.70. The fourth-order valence-corrected chi connectivity index (χ4v) is 4.17. The highest BCUT2D eigenvalue weighted by Gasteiger charge is 2.27. The number of nitro groups is 1. The zero-order chi connectivity index (χ0) is 18.0. The first-order valence-corrected chi connectivity index (χ1v) is 9.14. The number of non-ortho nitro benzene ring substituents is 1. The third-order valence-corrected chi connectivity index (χ3v) is 5.85. The Bertz CT molecular complexity index is 890. The molecule has 1 saturated heterocycles. The molecule has 0 aromatic heterocycles. The monoisotopic (exact) mass is 363 g/mol. The van der Waals surface area contributed by atoms with Crippen molar-refractivity contribution in [3.8, 4) is 11.5 Å². The Balaban J connectivity index is 1.81. The third kappa shape index (κ3) is 3.57. The molecule has 1 aliphatic heterocycles. The van der Waals surface area contributed by atoms with Gasteiger partial charge in [0.1, 0.15) is 11.5 Å². The fourth-order valence-electron chi connectivity index (χ4n) is 2.62. The minimum absolute atomic E-state index is 0.0487. The summed E-state index contributed by atoms with van der Waals surface area (Å²) in [6, 6.07) is 9.84. The first kappa shape index (κ1) is 17.2. The second kappa shape index (κ2) is 6.69. The molecule has 132 valence electrons. The lowest BCUT2D eigenvalue weighted by Gasteiger charge is -2.16. The van der Waals surface area contributed by atoms with Crippen molar-refractivity contribution >= 4 is 21.4 Å². The second-order valence-electron chi connectivity index (χ2n) is 5.66. The predicted octanol–water partition coefficient (Wildman–Crippen LogP) is 2.75. The van der Waals surface area contributed by atoms with Crippen LogP contribution in [0, 0.1) is 10.1 Å². The van der Waals surface area contributed by atoms with E-state index < -0.39 is 14.9 Å². The number of nitrogen functional groups attached to an aromatic ring is 1. The first-order chi connectivity index (χ1) is 11.9. The van der Waals surface area contributed by atoms with Gasteiger partial charge in [0.2, 0.25) is 10.0 Å². The summed E-state index contributed by atoms with van der Waals surface area (Å²) < 4.78 is 32.1. The summed E-state index contributed by atoms with van der Waals surface area (Å²) in [6.07, 6.45) is 1.71. The van der Waals surface area contributed by atoms with Crippen LogP contribution in [0.15, 0.2) is 47.4 Å². The number of sulfonamides is 1. The molecule has 0 saturated carbocycles. The number of nitrogens with zero attached hydrogens (tertiary/aromatic N) is 2. The maximum Gasteiger partial charge on any atom is 0.269 e. The van der Waals surface area contributed by atoms with Gasteiger partial charge in [0.15, 0.2) is 0 Å². The van der Waals surface area contributed by atoms with Crippen LogP contribution in [-0.2, 0) is 10.0 Å². The van der Waals surface area contributed by atoms with Crippen LogP contribution in [0.5, 0.6) is 11.5 Å². The van der Waals surface area contributed by atoms with Gasteiger partial charge in [0.25, 0.3) is 5.69 Å². The van der Waals surface area contributed by atoms with Crippen LogP contribution in [-0.4, -0.2) is 30.7 Å². The molecule has 0 radical (unpaired) electrons. The van der Waals surface area contributed by atoms with Crippen LogP contribution in [0.4, 0.5) is 11.4 Å². The second-order valence-corrected chi connectivity index (χ2v) is 7.60. The van der Waals surface area contributed by atoms with E-state index in [9.17, 15) is 18.5 Å². The minimum Gasteiger partial charge on any atom is -0.455 e. The van der Waals surface area contributed by atoms with Gasteiger partial charge in [0, 0.05) is 25.2 Å². The average molecular weight is 363 g/mol. The zero-order valence-corrected chi connectivity index (χ0v) is 14.1. The number of anilines is 1. The maximum absolute atomic E-state index is 12.5. The molecule has 9 heteroatoms. The summed E-state index contributed by atoms with van der Waals surface area (Å²) in [6.45, 7) is 1.03. The molecule has 1 aliphatic rings. The molecule has 3 rings (SSSR count). The number of nitrogens with two attached hydrogens (primary N) is 1. The van der Waals surface area contributed by atoms with Crippen molar-refractivity contribution in [1.29, 1.82) is 0 Å². The van der Waals surface area contributed by atoms with Gasteiger partial charge in [0.05, 0.1) is 15.5 Å². The van der Waals surface area contributed by atoms with Gasteiger partial charge >= 0.3 is 0 Å². The van der Waals surface area contributed by atoms with Gasteiger partial charge < -0.3 is 10.5 Å². The SMILES string of the molecule is Nc1cc(S(=O)(=O)N2CCCC2)ccc1Oc1ccc([N+](=O)[O-])cc1. The molecule has 2 aromatic rings. The summed E-state index contributed by atoms with van der Waals surface area (Å²) >= 11 is 0. The molecule has 8 nitrogen and oxygen atoms in total. The molecule has 2 aromatic carbocycles. The van der Waals surface area contributed by atoms with Crippen molar-refractivity contribution in [2.45, 2.75) is 17.7 Å². The topological polar surface area (TPSA) is 116 Å². The highest BCUT2D eigenvalue weighted by Crippen LogP contribution is 2.31. The summed E-state index contributed by atoms with van der Waals surface area (Å²) in [5.41, 5.74) is 6.06. The molecular formula is C16H17N3O5S. The van der Waals surface area contributed by atoms with Gasteiger partial charge in [-0.3, -0.25) is 10.1 Å². The summed E-state index contributed by atoms with van der Waals surface area (Å²) in [4.78, 5) is 10.3. The number of ether oxygens (including phenoxy) is 1. The van der Waals surface area contributed by atoms with E-state index in [4.69, 9.17) is 10.5 Å². The van der Waals surface area contributed by atoms with Gasteiger partial charge in [-0.1, -0.05) is 0 Å². The summed E-state index contributed by atoms with van der Waals surface area (Å²) in [5, 5.41) is 10.6. The van der Waals surface area contributed by atoms with E-state index in [0.29, 0.717) is 18.8 Å². The number of rotatable bonds is 5. The standard InChI is InChI=1S/C16H17N3O5S/c17-15-11-14(25(22,23)18-9-1-2-10-18)7-8-16(15)24-13-5-3-12(4-6-13)19(20)21/h3-8,11H,1-2,9-10,17H2. The number of hydrogen-bond acceptors (Lipinski definition) is 6. The van der Waals surface area contributed by atoms with Crippen molar-refractivity contribution in [2.24, 2.45) is 0 Å². The van der Waals surface area contributed by atoms with Crippen molar-refractivity contribution in [1.82, 2.24) is 4.31 Å². The lowest BCUT2D eigenvalue weighted by atomic mass is 10.3. The molecule has 25 heavy (non-hydrogen) atoms. The normalized spacial score (nSPS) is 15.2. The average Bonchev–Trinajstić information content (AvgIpc) is 3.12. The Morgan fingerprint density at radius 1 is 1.08 bits per heavy atom. The van der Waals surface area contributed by atoms with Gasteiger partial charge in [-0.05, 0) is 43.2 Å². The highest BCUT2D eigenvalue weighted by atomic mass is 32.2. The van der Waals surface area contributed by atoms with Crippen molar-refractivity contribution in [3.05, 3.63) is 52.6 Å². The van der Waals surface area contributed by atoms with Gasteiger partial charge in [-0.25, -0.2) is 8.42 Å². The maximum atomic E-state index is 12.5. The van der Waals surface area contributed by atoms with E-state index >= 15 is 0 Å². The third-order valence-electron chi connectivity index (χ3n) is 3.96. The quantitative estimate of drug-likeness (QED) is 0.496. The van der Waals surface area contributed by atoms with E-state index in [2.05, 4.69) is 0 Å². The molecule has 0 amide bonds. The van der Waals surface area contributed by atoms with Gasteiger partial charge in [-0.2, -0.15) is 4.31 Å². The Kier molecular flexibility index (Phi) is 4.60. The molecule has 0 spiro atoms. The largest absolute Gasteiger partial charge is 0.455 e. The molecule has 0 bridgehead atoms. The van der Waals surface area contributed by atoms with Crippen molar-refractivity contribution < 1.29 is 18.1 Å². The van der Waals surface area contributed by atoms with Crippen LogP contribution < -0.4 is 10.5 Å². The molecule has 0 unspecified atom stereocenters. The van der Waals surface area contributed by atoms with Crippen molar-refractivity contribution in [3.63, 3.8) is 0 Å².